The Morgan fingerprint density at radius 3 is 2.56 bits per heavy atom. The molecule has 0 aromatic heterocycles. The zero-order chi connectivity index (χ0) is 11.9. The van der Waals surface area contributed by atoms with Crippen molar-refractivity contribution >= 4 is 21.5 Å². The molecule has 0 aromatic carbocycles. The molecule has 0 aromatic rings. The second kappa shape index (κ2) is 3.76. The van der Waals surface area contributed by atoms with Gasteiger partial charge in [0.1, 0.15) is 5.71 Å². The number of amides is 1. The third kappa shape index (κ3) is 2.06. The summed E-state index contributed by atoms with van der Waals surface area (Å²) >= 11 is 0. The maximum Gasteiger partial charge on any atom is 0.278 e. The van der Waals surface area contributed by atoms with Gasteiger partial charge in [0.05, 0.1) is 24.0 Å². The minimum Gasteiger partial charge on any atom is -0.273 e. The maximum absolute atomic E-state index is 12.3. The second-order valence-electron chi connectivity index (χ2n) is 3.86. The van der Waals surface area contributed by atoms with Gasteiger partial charge in [-0.2, -0.15) is 5.10 Å². The van der Waals surface area contributed by atoms with E-state index in [1.54, 1.807) is 0 Å². The molecule has 1 fully saturated rings. The van der Waals surface area contributed by atoms with Crippen LogP contribution in [0, 0.1) is 0 Å². The van der Waals surface area contributed by atoms with Gasteiger partial charge in [0.15, 0.2) is 9.84 Å². The average Bonchev–Trinajstić information content (AvgIpc) is 2.69. The Balaban J connectivity index is 2.14. The highest BCUT2D eigenvalue weighted by molar-refractivity contribution is 7.91. The smallest absolute Gasteiger partial charge is 0.273 e. The summed E-state index contributed by atoms with van der Waals surface area (Å²) in [4.78, 5) is 11.4. The van der Waals surface area contributed by atoms with Crippen LogP contribution in [0.3, 0.4) is 0 Å². The molecule has 0 aliphatic carbocycles. The van der Waals surface area contributed by atoms with Crippen LogP contribution in [0.15, 0.2) is 5.10 Å². The van der Waals surface area contributed by atoms with Crippen LogP contribution in [0.5, 0.6) is 0 Å². The molecule has 0 spiro atoms. The normalized spacial score (nSPS) is 28.9. The first kappa shape index (κ1) is 11.4. The van der Waals surface area contributed by atoms with Crippen molar-refractivity contribution in [3.8, 4) is 0 Å². The highest BCUT2D eigenvalue weighted by atomic mass is 32.2. The van der Waals surface area contributed by atoms with Gasteiger partial charge in [0.2, 0.25) is 5.91 Å². The molecule has 1 amide bonds. The molecular weight excluding hydrogens is 242 g/mol. The number of alkyl halides is 2. The summed E-state index contributed by atoms with van der Waals surface area (Å²) in [5.74, 6) is -0.739. The number of rotatable bonds is 2. The fourth-order valence-corrected chi connectivity index (χ4v) is 3.53. The summed E-state index contributed by atoms with van der Waals surface area (Å²) in [5, 5.41) is 4.41. The number of carbonyl (C=O) groups is 1. The van der Waals surface area contributed by atoms with Crippen LogP contribution >= 0.6 is 0 Å². The van der Waals surface area contributed by atoms with Crippen molar-refractivity contribution in [2.75, 3.05) is 11.5 Å². The van der Waals surface area contributed by atoms with Crippen LogP contribution in [0.4, 0.5) is 8.78 Å². The molecule has 16 heavy (non-hydrogen) atoms. The molecule has 1 unspecified atom stereocenters. The highest BCUT2D eigenvalue weighted by Crippen LogP contribution is 2.23. The molecule has 0 bridgehead atoms. The van der Waals surface area contributed by atoms with Crippen LogP contribution in [0.25, 0.3) is 0 Å². The van der Waals surface area contributed by atoms with Gasteiger partial charge >= 0.3 is 0 Å². The Morgan fingerprint density at radius 1 is 1.44 bits per heavy atom. The molecule has 90 valence electrons. The standard InChI is InChI=1S/C8H10F2N2O3S/c9-8(10)6-3-7(13)12(11-6)5-1-2-16(14,15)4-5/h5,8H,1-4H2. The monoisotopic (exact) mass is 252 g/mol. The predicted molar refractivity (Wildman–Crippen MR) is 52.0 cm³/mol. The SMILES string of the molecule is O=C1CC(C(F)F)=NN1C1CCS(=O)(=O)C1. The van der Waals surface area contributed by atoms with E-state index in [0.29, 0.717) is 0 Å². The van der Waals surface area contributed by atoms with Gasteiger partial charge in [-0.25, -0.2) is 22.2 Å². The molecule has 2 heterocycles. The number of hydrogen-bond acceptors (Lipinski definition) is 4. The van der Waals surface area contributed by atoms with Crippen molar-refractivity contribution in [2.45, 2.75) is 25.3 Å². The van der Waals surface area contributed by atoms with Gasteiger partial charge in [-0.15, -0.1) is 0 Å². The molecule has 1 saturated heterocycles. The minimum absolute atomic E-state index is 0.0129. The summed E-state index contributed by atoms with van der Waals surface area (Å²) in [5.41, 5.74) is -0.478. The Labute approximate surface area is 91.0 Å². The molecule has 2 aliphatic heterocycles. The highest BCUT2D eigenvalue weighted by Gasteiger charge is 2.39. The summed E-state index contributed by atoms with van der Waals surface area (Å²) in [6.07, 6.45) is -2.89. The van der Waals surface area contributed by atoms with Crippen molar-refractivity contribution < 1.29 is 22.0 Å². The molecule has 0 saturated carbocycles. The number of sulfone groups is 1. The fraction of sp³-hybridized carbons (Fsp3) is 0.750. The molecule has 0 radical (unpaired) electrons. The van der Waals surface area contributed by atoms with Crippen molar-refractivity contribution in [3.05, 3.63) is 0 Å². The first-order chi connectivity index (χ1) is 7.39. The number of carbonyl (C=O) groups excluding carboxylic acids is 1. The topological polar surface area (TPSA) is 66.8 Å². The van der Waals surface area contributed by atoms with Crippen molar-refractivity contribution in [1.82, 2.24) is 5.01 Å². The first-order valence-corrected chi connectivity index (χ1v) is 6.59. The van der Waals surface area contributed by atoms with E-state index in [1.165, 1.54) is 0 Å². The maximum atomic E-state index is 12.3. The number of nitrogens with zero attached hydrogens (tertiary/aromatic N) is 2. The Morgan fingerprint density at radius 2 is 2.12 bits per heavy atom. The average molecular weight is 252 g/mol. The predicted octanol–water partition coefficient (Wildman–Crippen LogP) is 0.0269. The number of hydrogen-bond donors (Lipinski definition) is 0. The van der Waals surface area contributed by atoms with Crippen LogP contribution in [-0.4, -0.2) is 49.0 Å². The van der Waals surface area contributed by atoms with Crippen molar-refractivity contribution in [1.29, 1.82) is 0 Å². The molecule has 2 rings (SSSR count). The lowest BCUT2D eigenvalue weighted by Crippen LogP contribution is -2.33. The van der Waals surface area contributed by atoms with Crippen molar-refractivity contribution in [3.63, 3.8) is 0 Å². The largest absolute Gasteiger partial charge is 0.278 e. The number of hydrazone groups is 1. The second-order valence-corrected chi connectivity index (χ2v) is 6.09. The van der Waals surface area contributed by atoms with Gasteiger partial charge in [-0.3, -0.25) is 4.79 Å². The lowest BCUT2D eigenvalue weighted by Gasteiger charge is -2.17. The molecule has 5 nitrogen and oxygen atoms in total. The molecular formula is C8H10F2N2O3S. The minimum atomic E-state index is -3.14. The molecule has 1 atom stereocenters. The van der Waals surface area contributed by atoms with Gasteiger partial charge in [0, 0.05) is 0 Å². The van der Waals surface area contributed by atoms with E-state index in [9.17, 15) is 22.0 Å². The third-order valence-electron chi connectivity index (χ3n) is 2.63. The van der Waals surface area contributed by atoms with E-state index in [4.69, 9.17) is 0 Å². The first-order valence-electron chi connectivity index (χ1n) is 4.77. The quantitative estimate of drug-likeness (QED) is 0.696. The van der Waals surface area contributed by atoms with E-state index < -0.39 is 40.3 Å². The Hall–Kier alpha value is -1.05. The van der Waals surface area contributed by atoms with E-state index >= 15 is 0 Å². The van der Waals surface area contributed by atoms with Gasteiger partial charge in [0.25, 0.3) is 6.43 Å². The van der Waals surface area contributed by atoms with E-state index in [-0.39, 0.29) is 17.9 Å². The Kier molecular flexibility index (Phi) is 2.69. The van der Waals surface area contributed by atoms with Crippen LogP contribution in [-0.2, 0) is 14.6 Å². The summed E-state index contributed by atoms with van der Waals surface area (Å²) in [6, 6.07) is -0.575. The van der Waals surface area contributed by atoms with Gasteiger partial charge < -0.3 is 0 Å². The number of halogens is 2. The summed E-state index contributed by atoms with van der Waals surface area (Å²) < 4.78 is 47.0. The third-order valence-corrected chi connectivity index (χ3v) is 4.38. The van der Waals surface area contributed by atoms with Gasteiger partial charge in [-0.1, -0.05) is 0 Å². The van der Waals surface area contributed by atoms with E-state index in [0.717, 1.165) is 5.01 Å². The molecule has 2 aliphatic rings. The van der Waals surface area contributed by atoms with Gasteiger partial charge in [-0.05, 0) is 6.42 Å². The van der Waals surface area contributed by atoms with Crippen LogP contribution < -0.4 is 0 Å². The van der Waals surface area contributed by atoms with E-state index in [1.807, 2.05) is 0 Å². The van der Waals surface area contributed by atoms with Crippen molar-refractivity contribution in [2.24, 2.45) is 5.10 Å². The lowest BCUT2D eigenvalue weighted by atomic mass is 10.2. The zero-order valence-electron chi connectivity index (χ0n) is 8.27. The summed E-state index contributed by atoms with van der Waals surface area (Å²) in [7, 11) is -3.14. The zero-order valence-corrected chi connectivity index (χ0v) is 9.08. The molecule has 8 heteroatoms. The van der Waals surface area contributed by atoms with E-state index in [2.05, 4.69) is 5.10 Å². The van der Waals surface area contributed by atoms with Crippen LogP contribution in [0.2, 0.25) is 0 Å². The summed E-state index contributed by atoms with van der Waals surface area (Å²) in [6.45, 7) is 0. The fourth-order valence-electron chi connectivity index (χ4n) is 1.84. The van der Waals surface area contributed by atoms with Crippen LogP contribution in [0.1, 0.15) is 12.8 Å². The lowest BCUT2D eigenvalue weighted by molar-refractivity contribution is -0.130. The molecule has 0 N–H and O–H groups in total. The Bertz CT molecular complexity index is 446.